The highest BCUT2D eigenvalue weighted by molar-refractivity contribution is 9.08. The van der Waals surface area contributed by atoms with Crippen molar-refractivity contribution < 1.29 is 11.3 Å². The van der Waals surface area contributed by atoms with Gasteiger partial charge < -0.3 is 5.11 Å². The Labute approximate surface area is 80.8 Å². The first-order valence-corrected chi connectivity index (χ1v) is 4.57. The van der Waals surface area contributed by atoms with Gasteiger partial charge in [0, 0.05) is 10.9 Å². The minimum absolute atomic E-state index is 0.0949. The van der Waals surface area contributed by atoms with Crippen molar-refractivity contribution in [1.82, 2.24) is 0 Å². The molecule has 3 heteroatoms. The van der Waals surface area contributed by atoms with Gasteiger partial charge in [-0.1, -0.05) is 22.0 Å². The van der Waals surface area contributed by atoms with Crippen LogP contribution >= 0.6 is 15.9 Å². The molecule has 0 atom stereocenters. The van der Waals surface area contributed by atoms with Gasteiger partial charge in [-0.25, -0.2) is 0 Å². The second kappa shape index (κ2) is 3.72. The van der Waals surface area contributed by atoms with Crippen LogP contribution in [0.5, 0.6) is 5.75 Å². The van der Waals surface area contributed by atoms with Crippen LogP contribution in [0.15, 0.2) is 12.1 Å². The Bertz CT molecular complexity index is 350. The molecule has 0 fully saturated rings. The highest BCUT2D eigenvalue weighted by Crippen LogP contribution is 2.24. The number of benzene rings is 1. The number of aromatic hydroxyl groups is 1. The lowest BCUT2D eigenvalue weighted by atomic mass is 10.1. The van der Waals surface area contributed by atoms with Gasteiger partial charge in [0.15, 0.2) is 6.29 Å². The second-order valence-electron chi connectivity index (χ2n) is 2.49. The predicted molar refractivity (Wildman–Crippen MR) is 50.9 cm³/mol. The molecule has 0 saturated heterocycles. The zero-order valence-electron chi connectivity index (χ0n) is 7.60. The molecule has 0 radical (unpaired) electrons. The number of rotatable bonds is 2. The van der Waals surface area contributed by atoms with E-state index >= 15 is 0 Å². The number of alkyl halides is 1. The molecule has 0 unspecified atom stereocenters. The van der Waals surface area contributed by atoms with Crippen molar-refractivity contribution in [2.24, 2.45) is 0 Å². The van der Waals surface area contributed by atoms with Crippen molar-refractivity contribution in [3.63, 3.8) is 0 Å². The van der Waals surface area contributed by atoms with Gasteiger partial charge >= 0.3 is 0 Å². The lowest BCUT2D eigenvalue weighted by molar-refractivity contribution is 0.112. The molecule has 2 nitrogen and oxygen atoms in total. The number of aldehydes is 1. The quantitative estimate of drug-likeness (QED) is 0.625. The average molecular weight is 230 g/mol. The second-order valence-corrected chi connectivity index (χ2v) is 3.05. The Hall–Kier alpha value is -0.830. The summed E-state index contributed by atoms with van der Waals surface area (Å²) in [6.45, 7) is 1.74. The molecule has 1 rings (SSSR count). The molecule has 0 aromatic heterocycles. The number of hydrogen-bond donors (Lipinski definition) is 1. The normalized spacial score (nSPS) is 11.0. The van der Waals surface area contributed by atoms with E-state index in [1.54, 1.807) is 6.92 Å². The maximum atomic E-state index is 10.5. The van der Waals surface area contributed by atoms with Crippen molar-refractivity contribution in [1.29, 1.82) is 0 Å². The highest BCUT2D eigenvalue weighted by atomic mass is 79.9. The van der Waals surface area contributed by atoms with Gasteiger partial charge in [-0.3, -0.25) is 4.79 Å². The summed E-state index contributed by atoms with van der Waals surface area (Å²) in [7, 11) is 0. The number of aryl methyl sites for hydroxylation is 1. The van der Waals surface area contributed by atoms with Crippen molar-refractivity contribution in [2.75, 3.05) is 0 Å². The zero-order valence-corrected chi connectivity index (χ0v) is 8.18. The van der Waals surface area contributed by atoms with E-state index in [4.69, 9.17) is 1.37 Å². The van der Waals surface area contributed by atoms with Gasteiger partial charge in [0.1, 0.15) is 5.75 Å². The van der Waals surface area contributed by atoms with Crippen LogP contribution in [-0.2, 0) is 5.33 Å². The minimum Gasteiger partial charge on any atom is -0.507 e. The first-order valence-electron chi connectivity index (χ1n) is 3.95. The highest BCUT2D eigenvalue weighted by Gasteiger charge is 2.05. The SMILES string of the molecule is [2H]c1c(C)cc(C=O)c(O)c1CBr. The lowest BCUT2D eigenvalue weighted by Crippen LogP contribution is -1.88. The van der Waals surface area contributed by atoms with Crippen LogP contribution in [0.4, 0.5) is 0 Å². The molecule has 0 aliphatic rings. The number of carbonyl (C=O) groups excluding carboxylic acids is 1. The van der Waals surface area contributed by atoms with E-state index in [0.717, 1.165) is 0 Å². The molecule has 1 aromatic rings. The maximum absolute atomic E-state index is 10.5. The third-order valence-corrected chi connectivity index (χ3v) is 2.10. The number of carbonyl (C=O) groups is 1. The predicted octanol–water partition coefficient (Wildman–Crippen LogP) is 2.41. The molecule has 1 aromatic carbocycles. The number of phenols is 1. The molecule has 0 saturated carbocycles. The van der Waals surface area contributed by atoms with Gasteiger partial charge in [-0.15, -0.1) is 0 Å². The van der Waals surface area contributed by atoms with Crippen LogP contribution in [0.25, 0.3) is 0 Å². The first-order chi connectivity index (χ1) is 6.11. The lowest BCUT2D eigenvalue weighted by Gasteiger charge is -2.04. The van der Waals surface area contributed by atoms with Crippen LogP contribution in [0.1, 0.15) is 22.9 Å². The van der Waals surface area contributed by atoms with Crippen LogP contribution in [-0.4, -0.2) is 11.4 Å². The average Bonchev–Trinajstić information content (AvgIpc) is 2.12. The fraction of sp³-hybridized carbons (Fsp3) is 0.222. The molecule has 1 N–H and O–H groups in total. The van der Waals surface area contributed by atoms with Gasteiger partial charge in [0.05, 0.1) is 6.93 Å². The zero-order chi connectivity index (χ0) is 10.0. The Kier molecular flexibility index (Phi) is 2.42. The summed E-state index contributed by atoms with van der Waals surface area (Å²) in [5.41, 5.74) is 1.39. The maximum Gasteiger partial charge on any atom is 0.153 e. The van der Waals surface area contributed by atoms with E-state index in [-0.39, 0.29) is 17.4 Å². The van der Waals surface area contributed by atoms with Crippen LogP contribution in [0.3, 0.4) is 0 Å². The molecule has 64 valence electrons. The molecule has 0 bridgehead atoms. The molecule has 0 heterocycles. The van der Waals surface area contributed by atoms with Crippen molar-refractivity contribution in [3.05, 3.63) is 28.8 Å². The van der Waals surface area contributed by atoms with E-state index in [1.807, 2.05) is 0 Å². The monoisotopic (exact) mass is 229 g/mol. The summed E-state index contributed by atoms with van der Waals surface area (Å²) in [6, 6.07) is 1.79. The molecule has 0 spiro atoms. The first kappa shape index (κ1) is 7.80. The summed E-state index contributed by atoms with van der Waals surface area (Å²) < 4.78 is 7.60. The Morgan fingerprint density at radius 1 is 1.83 bits per heavy atom. The summed E-state index contributed by atoms with van der Waals surface area (Å²) in [5, 5.41) is 9.89. The third kappa shape index (κ3) is 1.67. The molecule has 12 heavy (non-hydrogen) atoms. The number of halogens is 1. The fourth-order valence-corrected chi connectivity index (χ4v) is 1.40. The number of phenolic OH excluding ortho intramolecular Hbond substituents is 1. The summed E-state index contributed by atoms with van der Waals surface area (Å²) in [4.78, 5) is 10.5. The summed E-state index contributed by atoms with van der Waals surface area (Å²) in [5.74, 6) is -0.0949. The standard InChI is InChI=1S/C9H9BrO2/c1-6-2-7(4-10)9(12)8(3-6)5-11/h2-3,5,12H,4H2,1H3/i2D. The van der Waals surface area contributed by atoms with Gasteiger partial charge in [-0.2, -0.15) is 0 Å². The van der Waals surface area contributed by atoms with E-state index in [1.165, 1.54) is 6.07 Å². The topological polar surface area (TPSA) is 37.3 Å². The third-order valence-electron chi connectivity index (χ3n) is 1.54. The van der Waals surface area contributed by atoms with Gasteiger partial charge in [0.25, 0.3) is 0 Å². The smallest absolute Gasteiger partial charge is 0.153 e. The van der Waals surface area contributed by atoms with Crippen molar-refractivity contribution in [3.8, 4) is 5.75 Å². The van der Waals surface area contributed by atoms with E-state index in [2.05, 4.69) is 15.9 Å². The van der Waals surface area contributed by atoms with Gasteiger partial charge in [-0.05, 0) is 18.6 Å². The van der Waals surface area contributed by atoms with E-state index in [9.17, 15) is 9.90 Å². The van der Waals surface area contributed by atoms with Crippen molar-refractivity contribution >= 4 is 22.2 Å². The Morgan fingerprint density at radius 2 is 2.50 bits per heavy atom. The molecular weight excluding hydrogens is 220 g/mol. The Morgan fingerprint density at radius 3 is 3.00 bits per heavy atom. The largest absolute Gasteiger partial charge is 0.507 e. The molecule has 0 aliphatic heterocycles. The van der Waals surface area contributed by atoms with E-state index in [0.29, 0.717) is 22.7 Å². The fourth-order valence-electron chi connectivity index (χ4n) is 0.996. The summed E-state index contributed by atoms with van der Waals surface area (Å²) in [6.07, 6.45) is 0.591. The molecule has 0 amide bonds. The molecule has 0 aliphatic carbocycles. The van der Waals surface area contributed by atoms with Crippen LogP contribution in [0, 0.1) is 6.92 Å². The Balaban J connectivity index is 3.47. The van der Waals surface area contributed by atoms with Crippen LogP contribution < -0.4 is 0 Å². The van der Waals surface area contributed by atoms with Crippen LogP contribution in [0.2, 0.25) is 0 Å². The van der Waals surface area contributed by atoms with Crippen molar-refractivity contribution in [2.45, 2.75) is 12.3 Å². The number of hydrogen-bond acceptors (Lipinski definition) is 2. The van der Waals surface area contributed by atoms with Gasteiger partial charge in [0.2, 0.25) is 0 Å². The van der Waals surface area contributed by atoms with E-state index < -0.39 is 0 Å². The summed E-state index contributed by atoms with van der Waals surface area (Å²) >= 11 is 3.16. The minimum atomic E-state index is -0.0949. The molecular formula is C9H9BrO2.